The van der Waals surface area contributed by atoms with Gasteiger partial charge in [-0.1, -0.05) is 13.8 Å². The third-order valence-electron chi connectivity index (χ3n) is 3.42. The maximum atomic E-state index is 10.5. The fraction of sp³-hybridized carbons (Fsp3) is 0.615. The maximum Gasteiger partial charge on any atom is 0.363 e. The third-order valence-corrected chi connectivity index (χ3v) is 3.42. The second-order valence-electron chi connectivity index (χ2n) is 5.17. The number of nitrogens with zero attached hydrogens (tertiary/aromatic N) is 2. The van der Waals surface area contributed by atoms with E-state index in [-0.39, 0.29) is 5.82 Å². The summed E-state index contributed by atoms with van der Waals surface area (Å²) in [4.78, 5) is 13.8. The van der Waals surface area contributed by atoms with Crippen molar-refractivity contribution in [2.75, 3.05) is 18.5 Å². The molecule has 1 N–H and O–H groups in total. The number of rotatable bonds is 5. The molecule has 0 bridgehead atoms. The molecule has 1 aliphatic rings. The number of hydrogen-bond donors (Lipinski definition) is 1. The zero-order chi connectivity index (χ0) is 13.8. The van der Waals surface area contributed by atoms with Crippen molar-refractivity contribution < 1.29 is 9.66 Å². The molecule has 1 aliphatic heterocycles. The summed E-state index contributed by atoms with van der Waals surface area (Å²) in [5, 5.41) is 13.8. The van der Waals surface area contributed by atoms with Crippen molar-refractivity contribution in [1.29, 1.82) is 0 Å². The molecule has 2 heterocycles. The Morgan fingerprint density at radius 2 is 2.37 bits per heavy atom. The lowest BCUT2D eigenvalue weighted by atomic mass is 9.93. The summed E-state index contributed by atoms with van der Waals surface area (Å²) in [5.74, 6) is 0.856. The molecule has 0 aliphatic carbocycles. The Bertz CT molecular complexity index is 433. The van der Waals surface area contributed by atoms with Crippen LogP contribution in [0.2, 0.25) is 0 Å². The Balaban J connectivity index is 1.90. The number of pyridine rings is 1. The lowest BCUT2D eigenvalue weighted by Gasteiger charge is -2.22. The monoisotopic (exact) mass is 265 g/mol. The zero-order valence-corrected chi connectivity index (χ0v) is 11.2. The van der Waals surface area contributed by atoms with Crippen LogP contribution in [-0.2, 0) is 4.74 Å². The van der Waals surface area contributed by atoms with E-state index in [4.69, 9.17) is 4.74 Å². The quantitative estimate of drug-likeness (QED) is 0.653. The molecule has 0 spiro atoms. The van der Waals surface area contributed by atoms with Crippen LogP contribution < -0.4 is 5.32 Å². The molecular formula is C13H19N3O3. The Labute approximate surface area is 112 Å². The first-order valence-corrected chi connectivity index (χ1v) is 6.54. The highest BCUT2D eigenvalue weighted by molar-refractivity contribution is 5.43. The van der Waals surface area contributed by atoms with E-state index in [2.05, 4.69) is 24.1 Å². The van der Waals surface area contributed by atoms with E-state index >= 15 is 0 Å². The van der Waals surface area contributed by atoms with Gasteiger partial charge in [0.15, 0.2) is 6.20 Å². The zero-order valence-electron chi connectivity index (χ0n) is 11.2. The molecular weight excluding hydrogens is 246 g/mol. The molecule has 1 aromatic heterocycles. The van der Waals surface area contributed by atoms with E-state index in [9.17, 15) is 10.1 Å². The minimum Gasteiger partial charge on any atom is -0.382 e. The summed E-state index contributed by atoms with van der Waals surface area (Å²) in [6.07, 6.45) is 2.84. The van der Waals surface area contributed by atoms with Crippen molar-refractivity contribution in [3.8, 4) is 0 Å². The minimum atomic E-state index is -0.497. The van der Waals surface area contributed by atoms with E-state index in [0.717, 1.165) is 25.3 Å². The lowest BCUT2D eigenvalue weighted by Crippen LogP contribution is -2.27. The molecule has 0 saturated carbocycles. The van der Waals surface area contributed by atoms with Gasteiger partial charge in [-0.2, -0.15) is 0 Å². The summed E-state index contributed by atoms with van der Waals surface area (Å²) < 4.78 is 5.72. The van der Waals surface area contributed by atoms with Gasteiger partial charge in [-0.05, 0) is 28.3 Å². The normalized spacial score (nSPS) is 22.7. The van der Waals surface area contributed by atoms with Gasteiger partial charge in [0.1, 0.15) is 0 Å². The van der Waals surface area contributed by atoms with Gasteiger partial charge in [-0.15, -0.1) is 0 Å². The molecule has 2 atom stereocenters. The Kier molecular flexibility index (Phi) is 4.31. The average molecular weight is 265 g/mol. The van der Waals surface area contributed by atoms with Crippen LogP contribution >= 0.6 is 0 Å². The molecule has 19 heavy (non-hydrogen) atoms. The predicted octanol–water partition coefficient (Wildman–Crippen LogP) is 2.46. The summed E-state index contributed by atoms with van der Waals surface area (Å²) in [5.41, 5.74) is 0.806. The van der Waals surface area contributed by atoms with Crippen molar-refractivity contribution in [3.63, 3.8) is 0 Å². The van der Waals surface area contributed by atoms with Crippen molar-refractivity contribution in [2.45, 2.75) is 26.4 Å². The van der Waals surface area contributed by atoms with Gasteiger partial charge in [0.2, 0.25) is 0 Å². The molecule has 0 aromatic carbocycles. The largest absolute Gasteiger partial charge is 0.382 e. The highest BCUT2D eigenvalue weighted by Crippen LogP contribution is 2.27. The number of nitrogens with one attached hydrogen (secondary N) is 1. The second kappa shape index (κ2) is 5.97. The maximum absolute atomic E-state index is 10.5. The topological polar surface area (TPSA) is 77.3 Å². The molecule has 0 radical (unpaired) electrons. The van der Waals surface area contributed by atoms with Gasteiger partial charge in [-0.3, -0.25) is 0 Å². The molecule has 0 unspecified atom stereocenters. The molecule has 1 saturated heterocycles. The molecule has 1 fully saturated rings. The molecule has 0 amide bonds. The van der Waals surface area contributed by atoms with Crippen molar-refractivity contribution in [2.24, 2.45) is 11.8 Å². The highest BCUT2D eigenvalue weighted by atomic mass is 16.6. The summed E-state index contributed by atoms with van der Waals surface area (Å²) >= 11 is 0. The first-order valence-electron chi connectivity index (χ1n) is 6.54. The molecule has 2 rings (SSSR count). The first-order chi connectivity index (χ1) is 9.08. The second-order valence-corrected chi connectivity index (χ2v) is 5.17. The van der Waals surface area contributed by atoms with Crippen LogP contribution in [0.15, 0.2) is 18.3 Å². The molecule has 6 heteroatoms. The lowest BCUT2D eigenvalue weighted by molar-refractivity contribution is -0.389. The van der Waals surface area contributed by atoms with Crippen LogP contribution in [0.1, 0.15) is 20.3 Å². The Hall–Kier alpha value is -1.69. The van der Waals surface area contributed by atoms with Crippen LogP contribution in [-0.4, -0.2) is 29.2 Å². The van der Waals surface area contributed by atoms with E-state index < -0.39 is 4.92 Å². The minimum absolute atomic E-state index is 0.130. The number of anilines is 1. The van der Waals surface area contributed by atoms with E-state index in [0.29, 0.717) is 17.9 Å². The summed E-state index contributed by atoms with van der Waals surface area (Å²) in [7, 11) is 0. The van der Waals surface area contributed by atoms with Gasteiger partial charge in [0, 0.05) is 25.1 Å². The summed E-state index contributed by atoms with van der Waals surface area (Å²) in [6.45, 7) is 5.95. The van der Waals surface area contributed by atoms with Crippen molar-refractivity contribution >= 4 is 11.5 Å². The number of nitro groups is 1. The van der Waals surface area contributed by atoms with Crippen LogP contribution in [0, 0.1) is 22.0 Å². The molecule has 6 nitrogen and oxygen atoms in total. The standard InChI is InChI=1S/C13H19N3O3/c1-9(2)13-10(5-6-19-13)7-14-11-3-4-12(15-8-11)16(17)18/h3-4,8-10,13-14H,5-7H2,1-2H3/t10-,13-/m0/s1. The van der Waals surface area contributed by atoms with Gasteiger partial charge < -0.3 is 20.2 Å². The predicted molar refractivity (Wildman–Crippen MR) is 72.1 cm³/mol. The van der Waals surface area contributed by atoms with Crippen molar-refractivity contribution in [3.05, 3.63) is 28.4 Å². The van der Waals surface area contributed by atoms with E-state index in [1.807, 2.05) is 0 Å². The van der Waals surface area contributed by atoms with Crippen molar-refractivity contribution in [1.82, 2.24) is 4.98 Å². The number of aromatic nitrogens is 1. The average Bonchev–Trinajstić information content (AvgIpc) is 2.85. The van der Waals surface area contributed by atoms with Crippen LogP contribution in [0.25, 0.3) is 0 Å². The third kappa shape index (κ3) is 3.41. The van der Waals surface area contributed by atoms with Crippen LogP contribution in [0.3, 0.4) is 0 Å². The van der Waals surface area contributed by atoms with E-state index in [1.165, 1.54) is 12.3 Å². The van der Waals surface area contributed by atoms with Gasteiger partial charge in [0.05, 0.1) is 11.8 Å². The Morgan fingerprint density at radius 3 is 2.95 bits per heavy atom. The molecule has 1 aromatic rings. The first kappa shape index (κ1) is 13.7. The highest BCUT2D eigenvalue weighted by Gasteiger charge is 2.30. The van der Waals surface area contributed by atoms with Gasteiger partial charge in [0.25, 0.3) is 0 Å². The van der Waals surface area contributed by atoms with Gasteiger partial charge in [-0.25, -0.2) is 0 Å². The van der Waals surface area contributed by atoms with E-state index in [1.54, 1.807) is 6.07 Å². The fourth-order valence-corrected chi connectivity index (χ4v) is 2.46. The van der Waals surface area contributed by atoms with Crippen LogP contribution in [0.4, 0.5) is 11.5 Å². The Morgan fingerprint density at radius 1 is 1.58 bits per heavy atom. The SMILES string of the molecule is CC(C)[C@@H]1OCC[C@H]1CNc1ccc([N+](=O)[O-])nc1. The molecule has 104 valence electrons. The smallest absolute Gasteiger partial charge is 0.363 e. The number of ether oxygens (including phenoxy) is 1. The summed E-state index contributed by atoms with van der Waals surface area (Å²) in [6, 6.07) is 3.10. The van der Waals surface area contributed by atoms with Crippen LogP contribution in [0.5, 0.6) is 0 Å². The fourth-order valence-electron chi connectivity index (χ4n) is 2.46. The number of hydrogen-bond acceptors (Lipinski definition) is 5. The van der Waals surface area contributed by atoms with Gasteiger partial charge >= 0.3 is 5.82 Å².